The zero-order valence-corrected chi connectivity index (χ0v) is 38.7. The molecule has 3 nitrogen and oxygen atoms in total. The Morgan fingerprint density at radius 2 is 0.521 bits per heavy atom. The van der Waals surface area contributed by atoms with Gasteiger partial charge >= 0.3 is 0 Å². The highest BCUT2D eigenvalue weighted by Crippen LogP contribution is 2.43. The summed E-state index contributed by atoms with van der Waals surface area (Å²) in [6.07, 6.45) is 0. The molecule has 0 amide bonds. The second-order valence-corrected chi connectivity index (χ2v) is 18.9. The first-order valence-electron chi connectivity index (χ1n) is 24.5. The maximum atomic E-state index is 2.47. The predicted octanol–water partition coefficient (Wildman–Crippen LogP) is 18.3. The minimum atomic E-state index is 1.14. The van der Waals surface area contributed by atoms with Gasteiger partial charge in [0, 0.05) is 49.4 Å². The van der Waals surface area contributed by atoms with Crippen LogP contribution in [-0.4, -0.2) is 13.7 Å². The summed E-state index contributed by atoms with van der Waals surface area (Å²) >= 11 is 0. The molecule has 0 bridgehead atoms. The van der Waals surface area contributed by atoms with Gasteiger partial charge in [-0.15, -0.1) is 0 Å². The van der Waals surface area contributed by atoms with Crippen LogP contribution < -0.4 is 0 Å². The molecule has 0 unspecified atom stereocenters. The van der Waals surface area contributed by atoms with Crippen molar-refractivity contribution in [2.24, 2.45) is 0 Å². The van der Waals surface area contributed by atoms with Crippen molar-refractivity contribution in [2.45, 2.75) is 0 Å². The van der Waals surface area contributed by atoms with E-state index in [1.165, 1.54) is 120 Å². The van der Waals surface area contributed by atoms with Gasteiger partial charge in [-0.25, -0.2) is 0 Å². The van der Waals surface area contributed by atoms with Crippen molar-refractivity contribution in [2.75, 3.05) is 0 Å². The molecular formula is C68H43N3. The van der Waals surface area contributed by atoms with Crippen molar-refractivity contribution >= 4 is 87.0 Å². The SMILES string of the molecule is c1ccc(-n2c3ccc(-c4ccc5c(c4)c4cc(-c6cccc7ccccc67)ccc4n5-c4ccc5c(c4)c4ccccc4n5-c4ccccc4)cc3c3cc(-c4cccc5ccccc45)ccc32)cc1. The Hall–Kier alpha value is -9.44. The third kappa shape index (κ3) is 6.10. The minimum absolute atomic E-state index is 1.14. The van der Waals surface area contributed by atoms with E-state index < -0.39 is 0 Å². The zero-order valence-electron chi connectivity index (χ0n) is 38.7. The maximum absolute atomic E-state index is 2.47. The van der Waals surface area contributed by atoms with E-state index in [1.54, 1.807) is 0 Å². The lowest BCUT2D eigenvalue weighted by Gasteiger charge is -2.11. The van der Waals surface area contributed by atoms with Crippen molar-refractivity contribution in [3.63, 3.8) is 0 Å². The zero-order chi connectivity index (χ0) is 46.6. The van der Waals surface area contributed by atoms with Gasteiger partial charge in [0.15, 0.2) is 0 Å². The van der Waals surface area contributed by atoms with Gasteiger partial charge in [0.05, 0.1) is 33.1 Å². The van der Waals surface area contributed by atoms with E-state index in [4.69, 9.17) is 0 Å². The van der Waals surface area contributed by atoms with E-state index >= 15 is 0 Å². The number of hydrogen-bond donors (Lipinski definition) is 0. The van der Waals surface area contributed by atoms with Crippen molar-refractivity contribution in [3.8, 4) is 50.4 Å². The Labute approximate surface area is 409 Å². The monoisotopic (exact) mass is 901 g/mol. The molecule has 0 N–H and O–H groups in total. The van der Waals surface area contributed by atoms with Gasteiger partial charge in [-0.2, -0.15) is 0 Å². The first kappa shape index (κ1) is 39.5. The molecule has 3 aromatic heterocycles. The quantitative estimate of drug-likeness (QED) is 0.158. The minimum Gasteiger partial charge on any atom is -0.309 e. The predicted molar refractivity (Wildman–Crippen MR) is 301 cm³/mol. The molecule has 0 saturated heterocycles. The molecule has 0 atom stereocenters. The van der Waals surface area contributed by atoms with Gasteiger partial charge < -0.3 is 13.7 Å². The van der Waals surface area contributed by atoms with Crippen LogP contribution in [-0.2, 0) is 0 Å². The molecule has 0 aliphatic heterocycles. The fourth-order valence-corrected chi connectivity index (χ4v) is 11.8. The first-order chi connectivity index (χ1) is 35.2. The normalized spacial score (nSPS) is 11.9. The fraction of sp³-hybridized carbons (Fsp3) is 0. The topological polar surface area (TPSA) is 14.8 Å². The lowest BCUT2D eigenvalue weighted by molar-refractivity contribution is 1.17. The third-order valence-corrected chi connectivity index (χ3v) is 15.0. The van der Waals surface area contributed by atoms with E-state index in [9.17, 15) is 0 Å². The number of para-hydroxylation sites is 3. The van der Waals surface area contributed by atoms with Crippen LogP contribution in [0.1, 0.15) is 0 Å². The van der Waals surface area contributed by atoms with Gasteiger partial charge in [-0.3, -0.25) is 0 Å². The Kier molecular flexibility index (Phi) is 8.66. The molecule has 0 aliphatic carbocycles. The highest BCUT2D eigenvalue weighted by atomic mass is 15.0. The van der Waals surface area contributed by atoms with Gasteiger partial charge in [0.25, 0.3) is 0 Å². The summed E-state index contributed by atoms with van der Waals surface area (Å²) in [6.45, 7) is 0. The lowest BCUT2D eigenvalue weighted by atomic mass is 9.96. The van der Waals surface area contributed by atoms with E-state index in [0.717, 1.165) is 17.1 Å². The Bertz CT molecular complexity index is 4620. The molecule has 0 radical (unpaired) electrons. The summed E-state index contributed by atoms with van der Waals surface area (Å²) in [7, 11) is 0. The molecular weight excluding hydrogens is 859 g/mol. The van der Waals surface area contributed by atoms with Crippen LogP contribution in [0.15, 0.2) is 261 Å². The van der Waals surface area contributed by atoms with Crippen LogP contribution in [0.2, 0.25) is 0 Å². The molecule has 330 valence electrons. The highest BCUT2D eigenvalue weighted by molar-refractivity contribution is 6.16. The van der Waals surface area contributed by atoms with Crippen molar-refractivity contribution < 1.29 is 0 Å². The fourth-order valence-electron chi connectivity index (χ4n) is 11.8. The molecule has 0 spiro atoms. The summed E-state index contributed by atoms with van der Waals surface area (Å²) in [4.78, 5) is 0. The Morgan fingerprint density at radius 3 is 1.01 bits per heavy atom. The number of benzene rings is 12. The van der Waals surface area contributed by atoms with Crippen molar-refractivity contribution in [1.82, 2.24) is 13.7 Å². The third-order valence-electron chi connectivity index (χ3n) is 15.0. The summed E-state index contributed by atoms with van der Waals surface area (Å²) in [5, 5.41) is 12.4. The number of hydrogen-bond acceptors (Lipinski definition) is 0. The van der Waals surface area contributed by atoms with Gasteiger partial charge in [-0.05, 0) is 152 Å². The average molecular weight is 902 g/mol. The summed E-state index contributed by atoms with van der Waals surface area (Å²) in [6, 6.07) is 96.2. The van der Waals surface area contributed by atoms with E-state index in [2.05, 4.69) is 275 Å². The highest BCUT2D eigenvalue weighted by Gasteiger charge is 2.20. The molecule has 12 aromatic carbocycles. The Balaban J connectivity index is 0.956. The summed E-state index contributed by atoms with van der Waals surface area (Å²) < 4.78 is 7.28. The van der Waals surface area contributed by atoms with Crippen molar-refractivity contribution in [1.29, 1.82) is 0 Å². The molecule has 0 aliphatic rings. The van der Waals surface area contributed by atoms with Crippen LogP contribution >= 0.6 is 0 Å². The van der Waals surface area contributed by atoms with Crippen LogP contribution in [0.25, 0.3) is 137 Å². The average Bonchev–Trinajstić information content (AvgIpc) is 4.07. The summed E-state index contributed by atoms with van der Waals surface area (Å²) in [5.74, 6) is 0. The number of fused-ring (bicyclic) bond motifs is 11. The number of nitrogens with zero attached hydrogens (tertiary/aromatic N) is 3. The van der Waals surface area contributed by atoms with Crippen LogP contribution in [0.5, 0.6) is 0 Å². The lowest BCUT2D eigenvalue weighted by Crippen LogP contribution is -1.95. The van der Waals surface area contributed by atoms with Crippen molar-refractivity contribution in [3.05, 3.63) is 261 Å². The second-order valence-electron chi connectivity index (χ2n) is 18.9. The Morgan fingerprint density at radius 1 is 0.183 bits per heavy atom. The number of aromatic nitrogens is 3. The van der Waals surface area contributed by atoms with Gasteiger partial charge in [0.2, 0.25) is 0 Å². The second kappa shape index (κ2) is 15.5. The molecule has 3 heteroatoms. The molecule has 71 heavy (non-hydrogen) atoms. The maximum Gasteiger partial charge on any atom is 0.0542 e. The number of rotatable bonds is 6. The standard InChI is InChI=1S/C68H43N3/c1-3-19-50(20-4-1)69-63-28-12-11-25-57(63)62-43-52(33-38-68(62)69)71-66-35-30-47(40-59(66)61-42-49(32-37-67(61)71)56-27-14-18-45-16-8-10-24-54(45)56)46-29-34-64-58(39-46)60-41-48(55-26-13-17-44-15-7-9-23-53(44)55)31-36-65(60)70(64)51-21-5-2-6-22-51/h1-43H. The molecule has 3 heterocycles. The van der Waals surface area contributed by atoms with Gasteiger partial charge in [0.1, 0.15) is 0 Å². The van der Waals surface area contributed by atoms with Crippen LogP contribution in [0.3, 0.4) is 0 Å². The van der Waals surface area contributed by atoms with E-state index in [1.807, 2.05) is 0 Å². The largest absolute Gasteiger partial charge is 0.309 e. The van der Waals surface area contributed by atoms with E-state index in [0.29, 0.717) is 0 Å². The van der Waals surface area contributed by atoms with Gasteiger partial charge in [-0.1, -0.05) is 164 Å². The van der Waals surface area contributed by atoms with Crippen LogP contribution in [0, 0.1) is 0 Å². The van der Waals surface area contributed by atoms with Crippen LogP contribution in [0.4, 0.5) is 0 Å². The molecule has 0 fully saturated rings. The molecule has 0 saturated carbocycles. The first-order valence-corrected chi connectivity index (χ1v) is 24.5. The molecule has 15 aromatic rings. The molecule has 15 rings (SSSR count). The van der Waals surface area contributed by atoms with E-state index in [-0.39, 0.29) is 0 Å². The summed E-state index contributed by atoms with van der Waals surface area (Å²) in [5.41, 5.74) is 17.8. The smallest absolute Gasteiger partial charge is 0.0542 e.